The second kappa shape index (κ2) is 8.08. The van der Waals surface area contributed by atoms with Gasteiger partial charge < -0.3 is 10.6 Å². The average Bonchev–Trinajstić information content (AvgIpc) is 2.47. The quantitative estimate of drug-likeness (QED) is 0.709. The molecular formula is C16H30N4. The van der Waals surface area contributed by atoms with Crippen molar-refractivity contribution >= 4 is 11.6 Å². The molecule has 0 bridgehead atoms. The smallest absolute Gasteiger partial charge is 0.135 e. The summed E-state index contributed by atoms with van der Waals surface area (Å²) >= 11 is 0. The molecule has 4 nitrogen and oxygen atoms in total. The van der Waals surface area contributed by atoms with E-state index in [4.69, 9.17) is 0 Å². The molecule has 1 aromatic rings. The van der Waals surface area contributed by atoms with Gasteiger partial charge in [0.25, 0.3) is 0 Å². The van der Waals surface area contributed by atoms with E-state index >= 15 is 0 Å². The molecule has 0 amide bonds. The Hall–Kier alpha value is -1.32. The number of hydrogen-bond acceptors (Lipinski definition) is 4. The fraction of sp³-hybridized carbons (Fsp3) is 0.750. The molecule has 0 aliphatic carbocycles. The van der Waals surface area contributed by atoms with E-state index in [9.17, 15) is 0 Å². The fourth-order valence-electron chi connectivity index (χ4n) is 2.12. The van der Waals surface area contributed by atoms with Gasteiger partial charge in [-0.25, -0.2) is 9.97 Å². The molecule has 1 heterocycles. The molecule has 0 spiro atoms. The Kier molecular flexibility index (Phi) is 6.76. The number of hydrogen-bond donors (Lipinski definition) is 2. The minimum atomic E-state index is 0.0961. The second-order valence-corrected chi connectivity index (χ2v) is 5.62. The van der Waals surface area contributed by atoms with Crippen LogP contribution in [0.2, 0.25) is 0 Å². The third kappa shape index (κ3) is 4.36. The maximum absolute atomic E-state index is 4.48. The lowest BCUT2D eigenvalue weighted by Crippen LogP contribution is -2.34. The number of anilines is 2. The third-order valence-corrected chi connectivity index (χ3v) is 3.97. The summed E-state index contributed by atoms with van der Waals surface area (Å²) in [5.74, 6) is 1.98. The van der Waals surface area contributed by atoms with Crippen LogP contribution in [0, 0.1) is 0 Å². The number of nitrogens with zero attached hydrogens (tertiary/aromatic N) is 2. The van der Waals surface area contributed by atoms with E-state index in [2.05, 4.69) is 55.2 Å². The highest BCUT2D eigenvalue weighted by molar-refractivity contribution is 5.58. The number of nitrogens with one attached hydrogen (secondary N) is 2. The van der Waals surface area contributed by atoms with E-state index in [0.29, 0.717) is 0 Å². The van der Waals surface area contributed by atoms with E-state index in [0.717, 1.165) is 50.3 Å². The van der Waals surface area contributed by atoms with Crippen LogP contribution in [0.3, 0.4) is 0 Å². The Morgan fingerprint density at radius 1 is 1.00 bits per heavy atom. The summed E-state index contributed by atoms with van der Waals surface area (Å²) in [7, 11) is 0. The van der Waals surface area contributed by atoms with Crippen LogP contribution >= 0.6 is 0 Å². The van der Waals surface area contributed by atoms with Gasteiger partial charge in [-0.3, -0.25) is 0 Å². The van der Waals surface area contributed by atoms with Gasteiger partial charge >= 0.3 is 0 Å². The Morgan fingerprint density at radius 2 is 1.65 bits per heavy atom. The molecule has 0 saturated heterocycles. The van der Waals surface area contributed by atoms with Crippen LogP contribution in [0.5, 0.6) is 0 Å². The van der Waals surface area contributed by atoms with Crippen molar-refractivity contribution in [3.63, 3.8) is 0 Å². The second-order valence-electron chi connectivity index (χ2n) is 5.62. The van der Waals surface area contributed by atoms with Crippen molar-refractivity contribution < 1.29 is 0 Å². The van der Waals surface area contributed by atoms with E-state index in [1.807, 2.05) is 0 Å². The van der Waals surface area contributed by atoms with E-state index in [1.165, 1.54) is 5.56 Å². The van der Waals surface area contributed by atoms with E-state index in [-0.39, 0.29) is 5.54 Å². The zero-order valence-electron chi connectivity index (χ0n) is 13.7. The number of rotatable bonds is 9. The minimum absolute atomic E-state index is 0.0961. The topological polar surface area (TPSA) is 49.8 Å². The predicted octanol–water partition coefficient (Wildman–Crippen LogP) is 4.24. The van der Waals surface area contributed by atoms with Crippen LogP contribution in [-0.2, 0) is 6.42 Å². The SMILES string of the molecule is CCCNc1ncnc(NC(C)(CC)CC)c1CCC. The molecule has 0 aliphatic heterocycles. The fourth-order valence-corrected chi connectivity index (χ4v) is 2.12. The molecule has 114 valence electrons. The van der Waals surface area contributed by atoms with Crippen LogP contribution in [-0.4, -0.2) is 22.1 Å². The Morgan fingerprint density at radius 3 is 2.20 bits per heavy atom. The Bertz CT molecular complexity index is 399. The summed E-state index contributed by atoms with van der Waals surface area (Å²) in [5, 5.41) is 7.05. The molecule has 2 N–H and O–H groups in total. The largest absolute Gasteiger partial charge is 0.370 e. The highest BCUT2D eigenvalue weighted by atomic mass is 15.1. The molecule has 0 aliphatic rings. The standard InChI is InChI=1S/C16H30N4/c1-6-10-13-14(17-11-7-2)18-12-19-15(13)20-16(5,8-3)9-4/h12H,6-11H2,1-5H3,(H2,17,18,19,20). The molecule has 1 rings (SSSR count). The molecule has 4 heteroatoms. The molecule has 0 aromatic carbocycles. The summed E-state index contributed by atoms with van der Waals surface area (Å²) in [6.45, 7) is 12.0. The highest BCUT2D eigenvalue weighted by Crippen LogP contribution is 2.27. The van der Waals surface area contributed by atoms with Gasteiger partial charge in [0.2, 0.25) is 0 Å². The molecule has 1 aromatic heterocycles. The number of aromatic nitrogens is 2. The van der Waals surface area contributed by atoms with Crippen molar-refractivity contribution in [2.24, 2.45) is 0 Å². The molecule has 0 unspecified atom stereocenters. The van der Waals surface area contributed by atoms with Crippen LogP contribution in [0.25, 0.3) is 0 Å². The highest BCUT2D eigenvalue weighted by Gasteiger charge is 2.22. The first-order chi connectivity index (χ1) is 9.60. The van der Waals surface area contributed by atoms with Gasteiger partial charge in [0.1, 0.15) is 18.0 Å². The first-order valence-electron chi connectivity index (χ1n) is 7.96. The zero-order chi connectivity index (χ0) is 15.0. The molecule has 20 heavy (non-hydrogen) atoms. The Labute approximate surface area is 123 Å². The average molecular weight is 278 g/mol. The summed E-state index contributed by atoms with van der Waals surface area (Å²) in [6.07, 6.45) is 7.01. The third-order valence-electron chi connectivity index (χ3n) is 3.97. The van der Waals surface area contributed by atoms with Crippen LogP contribution in [0.15, 0.2) is 6.33 Å². The van der Waals surface area contributed by atoms with Crippen molar-refractivity contribution in [2.45, 2.75) is 72.3 Å². The van der Waals surface area contributed by atoms with Gasteiger partial charge in [-0.15, -0.1) is 0 Å². The lowest BCUT2D eigenvalue weighted by atomic mass is 9.95. The van der Waals surface area contributed by atoms with Gasteiger partial charge in [-0.1, -0.05) is 34.1 Å². The molecular weight excluding hydrogens is 248 g/mol. The lowest BCUT2D eigenvalue weighted by molar-refractivity contribution is 0.476. The van der Waals surface area contributed by atoms with Gasteiger partial charge in [-0.05, 0) is 32.6 Å². The molecule has 0 fully saturated rings. The van der Waals surface area contributed by atoms with E-state index < -0.39 is 0 Å². The van der Waals surface area contributed by atoms with E-state index in [1.54, 1.807) is 6.33 Å². The van der Waals surface area contributed by atoms with Crippen molar-refractivity contribution in [3.05, 3.63) is 11.9 Å². The summed E-state index contributed by atoms with van der Waals surface area (Å²) in [4.78, 5) is 8.90. The predicted molar refractivity (Wildman–Crippen MR) is 87.4 cm³/mol. The maximum atomic E-state index is 4.48. The van der Waals surface area contributed by atoms with Gasteiger partial charge in [0, 0.05) is 17.6 Å². The van der Waals surface area contributed by atoms with Gasteiger partial charge in [0.15, 0.2) is 0 Å². The summed E-state index contributed by atoms with van der Waals surface area (Å²) in [6, 6.07) is 0. The van der Waals surface area contributed by atoms with Crippen molar-refractivity contribution in [3.8, 4) is 0 Å². The van der Waals surface area contributed by atoms with Crippen LogP contribution in [0.4, 0.5) is 11.6 Å². The molecule has 0 atom stereocenters. The summed E-state index contributed by atoms with van der Waals surface area (Å²) in [5.41, 5.74) is 1.32. The van der Waals surface area contributed by atoms with Crippen molar-refractivity contribution in [1.29, 1.82) is 0 Å². The van der Waals surface area contributed by atoms with Crippen molar-refractivity contribution in [1.82, 2.24) is 9.97 Å². The monoisotopic (exact) mass is 278 g/mol. The molecule has 0 saturated carbocycles. The first kappa shape index (κ1) is 16.7. The maximum Gasteiger partial charge on any atom is 0.135 e. The first-order valence-corrected chi connectivity index (χ1v) is 7.96. The molecule has 0 radical (unpaired) electrons. The Balaban J connectivity index is 3.04. The lowest BCUT2D eigenvalue weighted by Gasteiger charge is -2.30. The summed E-state index contributed by atoms with van der Waals surface area (Å²) < 4.78 is 0. The van der Waals surface area contributed by atoms with Crippen molar-refractivity contribution in [2.75, 3.05) is 17.2 Å². The minimum Gasteiger partial charge on any atom is -0.370 e. The van der Waals surface area contributed by atoms with Gasteiger partial charge in [-0.2, -0.15) is 0 Å². The van der Waals surface area contributed by atoms with Gasteiger partial charge in [0.05, 0.1) is 0 Å². The van der Waals surface area contributed by atoms with Crippen LogP contribution < -0.4 is 10.6 Å². The van der Waals surface area contributed by atoms with Crippen LogP contribution in [0.1, 0.15) is 65.9 Å². The normalized spacial score (nSPS) is 11.4. The zero-order valence-corrected chi connectivity index (χ0v) is 13.7.